The molecule has 2 fully saturated rings. The van der Waals surface area contributed by atoms with E-state index in [0.29, 0.717) is 28.1 Å². The summed E-state index contributed by atoms with van der Waals surface area (Å²) in [5, 5.41) is 10.8. The number of sulfonamides is 1. The summed E-state index contributed by atoms with van der Waals surface area (Å²) < 4.78 is 35.9. The second-order valence-corrected chi connectivity index (χ2v) is 15.5. The number of anilines is 2. The number of benzene rings is 3. The maximum atomic E-state index is 13.6. The lowest BCUT2D eigenvalue weighted by molar-refractivity contribution is 0.190. The number of amides is 2. The monoisotopic (exact) mass is 641 g/mol. The van der Waals surface area contributed by atoms with Crippen LogP contribution < -0.4 is 15.4 Å². The molecule has 0 saturated carbocycles. The molecule has 2 aliphatic heterocycles. The number of piperidine rings is 1. The summed E-state index contributed by atoms with van der Waals surface area (Å²) >= 11 is 0. The molecule has 9 nitrogen and oxygen atoms in total. The first-order valence-electron chi connectivity index (χ1n) is 15.9. The first kappa shape index (κ1) is 31.8. The number of methoxy groups -OCH3 is 1. The molecule has 1 aromatic heterocycles. The molecular weight excluding hydrogens is 598 g/mol. The number of nitrogens with zero attached hydrogens (tertiary/aromatic N) is 3. The number of fused-ring (bicyclic) bond motifs is 2. The number of hydrogen-bond donors (Lipinski definition) is 2. The van der Waals surface area contributed by atoms with Crippen LogP contribution in [0.15, 0.2) is 83.8 Å². The van der Waals surface area contributed by atoms with Gasteiger partial charge in [-0.1, -0.05) is 50.6 Å². The number of hydrogen-bond acceptors (Lipinski definition) is 5. The molecule has 0 aliphatic carbocycles. The minimum absolute atomic E-state index is 0.000642. The fraction of sp³-hybridized carbons (Fsp3) is 0.389. The van der Waals surface area contributed by atoms with Crippen molar-refractivity contribution in [3.05, 3.63) is 95.7 Å². The Kier molecular flexibility index (Phi) is 8.69. The molecular formula is C36H43N5O4S. The molecule has 2 bridgehead atoms. The van der Waals surface area contributed by atoms with Crippen LogP contribution in [-0.2, 0) is 21.9 Å². The van der Waals surface area contributed by atoms with Crippen LogP contribution in [0.4, 0.5) is 16.3 Å². The standard InChI is InChI=1S/C36H43N5O4S/c1-24-9-11-28(12-10-24)40-34(23-33(39-40)36(2,3)4)38-35(42)37-27-8-6-7-25(20-27)19-26-21-29-13-14-30(22-26)41(29)46(43,44)32-17-15-31(45-5)16-18-32/h6-12,15-18,20,23,26,29-30H,13-14,19,21-22H2,1-5H3,(H2,37,38,42). The number of urea groups is 1. The molecule has 0 radical (unpaired) electrons. The SMILES string of the molecule is COc1ccc(S(=O)(=O)N2C3CCC2CC(Cc2cccc(NC(=O)Nc4cc(C(C)(C)C)nn4-c4ccc(C)cc4)c2)C3)cc1. The van der Waals surface area contributed by atoms with Gasteiger partial charge in [-0.3, -0.25) is 5.32 Å². The van der Waals surface area contributed by atoms with Crippen molar-refractivity contribution in [2.75, 3.05) is 17.7 Å². The predicted molar refractivity (Wildman–Crippen MR) is 181 cm³/mol. The number of aromatic nitrogens is 2. The van der Waals surface area contributed by atoms with Crippen LogP contribution in [0.25, 0.3) is 5.69 Å². The first-order chi connectivity index (χ1) is 21.9. The minimum Gasteiger partial charge on any atom is -0.497 e. The van der Waals surface area contributed by atoms with Crippen molar-refractivity contribution >= 4 is 27.6 Å². The third-order valence-electron chi connectivity index (χ3n) is 9.11. The summed E-state index contributed by atoms with van der Waals surface area (Å²) in [5.74, 6) is 1.59. The number of carbonyl (C=O) groups is 1. The molecule has 3 aromatic carbocycles. The zero-order chi connectivity index (χ0) is 32.6. The summed E-state index contributed by atoms with van der Waals surface area (Å²) in [4.78, 5) is 13.5. The van der Waals surface area contributed by atoms with E-state index in [-0.39, 0.29) is 23.5 Å². The maximum absolute atomic E-state index is 13.6. The molecule has 46 heavy (non-hydrogen) atoms. The minimum atomic E-state index is -3.58. The Bertz CT molecular complexity index is 1800. The van der Waals surface area contributed by atoms with E-state index in [4.69, 9.17) is 9.84 Å². The molecule has 2 aliphatic rings. The fourth-order valence-corrected chi connectivity index (χ4v) is 8.67. The molecule has 3 heterocycles. The summed E-state index contributed by atoms with van der Waals surface area (Å²) in [6, 6.07) is 24.2. The molecule has 242 valence electrons. The fourth-order valence-electron chi connectivity index (χ4n) is 6.78. The second kappa shape index (κ2) is 12.6. The van der Waals surface area contributed by atoms with Crippen molar-refractivity contribution in [2.45, 2.75) is 82.2 Å². The van der Waals surface area contributed by atoms with Crippen LogP contribution in [0.1, 0.15) is 63.3 Å². The highest BCUT2D eigenvalue weighted by Gasteiger charge is 2.47. The highest BCUT2D eigenvalue weighted by atomic mass is 32.2. The second-order valence-electron chi connectivity index (χ2n) is 13.6. The molecule has 4 aromatic rings. The van der Waals surface area contributed by atoms with Crippen molar-refractivity contribution in [1.82, 2.24) is 14.1 Å². The molecule has 10 heteroatoms. The van der Waals surface area contributed by atoms with Crippen LogP contribution in [0.5, 0.6) is 5.75 Å². The van der Waals surface area contributed by atoms with Crippen molar-refractivity contribution in [2.24, 2.45) is 5.92 Å². The van der Waals surface area contributed by atoms with Crippen LogP contribution in [0.2, 0.25) is 0 Å². The summed E-state index contributed by atoms with van der Waals surface area (Å²) in [7, 11) is -2.01. The largest absolute Gasteiger partial charge is 0.497 e. The van der Waals surface area contributed by atoms with E-state index in [9.17, 15) is 13.2 Å². The summed E-state index contributed by atoms with van der Waals surface area (Å²) in [6.07, 6.45) is 4.24. The average molecular weight is 642 g/mol. The van der Waals surface area contributed by atoms with Crippen LogP contribution >= 0.6 is 0 Å². The first-order valence-corrected chi connectivity index (χ1v) is 17.4. The van der Waals surface area contributed by atoms with Crippen LogP contribution in [0, 0.1) is 12.8 Å². The number of rotatable bonds is 8. The van der Waals surface area contributed by atoms with Gasteiger partial charge in [-0.15, -0.1) is 0 Å². The van der Waals surface area contributed by atoms with Gasteiger partial charge in [0.25, 0.3) is 0 Å². The van der Waals surface area contributed by atoms with E-state index in [1.807, 2.05) is 55.5 Å². The van der Waals surface area contributed by atoms with Gasteiger partial charge in [0.05, 0.1) is 23.4 Å². The van der Waals surface area contributed by atoms with Gasteiger partial charge in [0.15, 0.2) is 0 Å². The van der Waals surface area contributed by atoms with E-state index in [2.05, 4.69) is 37.5 Å². The topological polar surface area (TPSA) is 106 Å². The van der Waals surface area contributed by atoms with Crippen molar-refractivity contribution in [3.8, 4) is 11.4 Å². The molecule has 2 amide bonds. The number of carbonyl (C=O) groups excluding carboxylic acids is 1. The van der Waals surface area contributed by atoms with E-state index in [0.717, 1.165) is 54.6 Å². The van der Waals surface area contributed by atoms with E-state index < -0.39 is 10.0 Å². The van der Waals surface area contributed by atoms with E-state index in [1.54, 1.807) is 40.4 Å². The third-order valence-corrected chi connectivity index (χ3v) is 11.1. The lowest BCUT2D eigenvalue weighted by Gasteiger charge is -2.38. The lowest BCUT2D eigenvalue weighted by Crippen LogP contribution is -2.46. The quantitative estimate of drug-likeness (QED) is 0.210. The Morgan fingerprint density at radius 1 is 0.935 bits per heavy atom. The predicted octanol–water partition coefficient (Wildman–Crippen LogP) is 7.31. The van der Waals surface area contributed by atoms with E-state index >= 15 is 0 Å². The zero-order valence-corrected chi connectivity index (χ0v) is 28.0. The van der Waals surface area contributed by atoms with Gasteiger partial charge in [-0.05, 0) is 99.0 Å². The molecule has 2 atom stereocenters. The zero-order valence-electron chi connectivity index (χ0n) is 27.2. The smallest absolute Gasteiger partial charge is 0.324 e. The van der Waals surface area contributed by atoms with Crippen LogP contribution in [-0.4, -0.2) is 47.7 Å². The highest BCUT2D eigenvalue weighted by Crippen LogP contribution is 2.43. The summed E-state index contributed by atoms with van der Waals surface area (Å²) in [6.45, 7) is 8.33. The Hall–Kier alpha value is -4.15. The molecule has 2 unspecified atom stereocenters. The summed E-state index contributed by atoms with van der Waals surface area (Å²) in [5.41, 5.74) is 4.53. The number of ether oxygens (including phenoxy) is 1. The lowest BCUT2D eigenvalue weighted by atomic mass is 9.87. The van der Waals surface area contributed by atoms with Crippen molar-refractivity contribution < 1.29 is 17.9 Å². The van der Waals surface area contributed by atoms with Crippen molar-refractivity contribution in [3.63, 3.8) is 0 Å². The van der Waals surface area contributed by atoms with Gasteiger partial charge in [-0.2, -0.15) is 9.40 Å². The third kappa shape index (κ3) is 6.69. The highest BCUT2D eigenvalue weighted by molar-refractivity contribution is 7.89. The van der Waals surface area contributed by atoms with Crippen molar-refractivity contribution in [1.29, 1.82) is 0 Å². The molecule has 2 saturated heterocycles. The normalized spacial score (nSPS) is 20.0. The molecule has 0 spiro atoms. The maximum Gasteiger partial charge on any atom is 0.324 e. The Labute approximate surface area is 272 Å². The molecule has 2 N–H and O–H groups in total. The average Bonchev–Trinajstić information content (AvgIpc) is 3.56. The van der Waals surface area contributed by atoms with E-state index in [1.165, 1.54) is 0 Å². The molecule has 6 rings (SSSR count). The van der Waals surface area contributed by atoms with Gasteiger partial charge < -0.3 is 10.1 Å². The Morgan fingerprint density at radius 3 is 2.24 bits per heavy atom. The van der Waals surface area contributed by atoms with Gasteiger partial charge >= 0.3 is 6.03 Å². The number of nitrogens with one attached hydrogen (secondary N) is 2. The van der Waals surface area contributed by atoms with Gasteiger partial charge in [-0.25, -0.2) is 17.9 Å². The Balaban J connectivity index is 1.11. The number of aryl methyl sites for hydroxylation is 1. The van der Waals surface area contributed by atoms with Crippen LogP contribution in [0.3, 0.4) is 0 Å². The van der Waals surface area contributed by atoms with Gasteiger partial charge in [0.1, 0.15) is 11.6 Å². The Morgan fingerprint density at radius 2 is 1.61 bits per heavy atom. The van der Waals surface area contributed by atoms with Gasteiger partial charge in [0.2, 0.25) is 10.0 Å². The van der Waals surface area contributed by atoms with Gasteiger partial charge in [0, 0.05) is 29.3 Å².